The second kappa shape index (κ2) is 5.17. The lowest BCUT2D eigenvalue weighted by molar-refractivity contribution is -0.138. The maximum atomic E-state index is 12.5. The third-order valence-corrected chi connectivity index (χ3v) is 2.59. The van der Waals surface area contributed by atoms with Gasteiger partial charge in [0.15, 0.2) is 0 Å². The summed E-state index contributed by atoms with van der Waals surface area (Å²) in [5.41, 5.74) is 9.47. The number of hydrogen-bond donors (Lipinski definition) is 2. The summed E-state index contributed by atoms with van der Waals surface area (Å²) in [4.78, 5) is 0. The largest absolute Gasteiger partial charge is 0.417 e. The van der Waals surface area contributed by atoms with Crippen LogP contribution in [0.3, 0.4) is 0 Å². The Kier molecular flexibility index (Phi) is 4.11. The molecule has 0 aliphatic rings. The van der Waals surface area contributed by atoms with Gasteiger partial charge in [0.1, 0.15) is 0 Å². The standard InChI is InChI=1S/C9H8BrF3N4/c10-7-5(4-16-17-8(14)15)2-1-3-6(7)9(11,12)13/h1-4H,(H4,14,15,17). The molecule has 0 saturated carbocycles. The van der Waals surface area contributed by atoms with Crippen molar-refractivity contribution < 1.29 is 13.2 Å². The van der Waals surface area contributed by atoms with E-state index in [1.807, 2.05) is 0 Å². The molecule has 0 saturated heterocycles. The average molecular weight is 309 g/mol. The smallest absolute Gasteiger partial charge is 0.369 e. The minimum Gasteiger partial charge on any atom is -0.369 e. The van der Waals surface area contributed by atoms with E-state index in [0.717, 1.165) is 12.3 Å². The molecular formula is C9H8BrF3N4. The third kappa shape index (κ3) is 3.74. The molecule has 92 valence electrons. The van der Waals surface area contributed by atoms with Crippen molar-refractivity contribution in [3.8, 4) is 0 Å². The van der Waals surface area contributed by atoms with E-state index in [1.165, 1.54) is 12.1 Å². The SMILES string of the molecule is NC(N)=NN=Cc1cccc(C(F)(F)F)c1Br. The van der Waals surface area contributed by atoms with E-state index in [0.29, 0.717) is 0 Å². The summed E-state index contributed by atoms with van der Waals surface area (Å²) in [5.74, 6) is -0.274. The lowest BCUT2D eigenvalue weighted by atomic mass is 10.1. The van der Waals surface area contributed by atoms with Gasteiger partial charge in [-0.2, -0.15) is 18.3 Å². The highest BCUT2D eigenvalue weighted by atomic mass is 79.9. The summed E-state index contributed by atoms with van der Waals surface area (Å²) in [6.07, 6.45) is -3.31. The van der Waals surface area contributed by atoms with Crippen LogP contribution in [0.1, 0.15) is 11.1 Å². The molecule has 1 aromatic carbocycles. The Bertz CT molecular complexity index is 464. The first kappa shape index (κ1) is 13.5. The molecule has 0 spiro atoms. The molecule has 0 aliphatic carbocycles. The Hall–Kier alpha value is -1.57. The number of benzene rings is 1. The molecule has 0 fully saturated rings. The molecule has 0 bridgehead atoms. The van der Waals surface area contributed by atoms with Crippen molar-refractivity contribution in [3.05, 3.63) is 33.8 Å². The molecule has 17 heavy (non-hydrogen) atoms. The number of nitrogens with two attached hydrogens (primary N) is 2. The normalized spacial score (nSPS) is 11.8. The molecule has 1 aromatic rings. The molecule has 0 aromatic heterocycles. The monoisotopic (exact) mass is 308 g/mol. The minimum absolute atomic E-state index is 0.109. The number of hydrogen-bond acceptors (Lipinski definition) is 2. The fourth-order valence-electron chi connectivity index (χ4n) is 1.03. The number of nitrogens with zero attached hydrogens (tertiary/aromatic N) is 2. The molecule has 4 nitrogen and oxygen atoms in total. The maximum Gasteiger partial charge on any atom is 0.417 e. The van der Waals surface area contributed by atoms with E-state index < -0.39 is 11.7 Å². The quantitative estimate of drug-likeness (QED) is 0.498. The molecule has 0 amide bonds. The number of rotatable bonds is 2. The van der Waals surface area contributed by atoms with Gasteiger partial charge >= 0.3 is 6.18 Å². The summed E-state index contributed by atoms with van der Waals surface area (Å²) in [7, 11) is 0. The number of halogens is 4. The van der Waals surface area contributed by atoms with Crippen LogP contribution in [-0.2, 0) is 6.18 Å². The first-order valence-corrected chi connectivity index (χ1v) is 5.09. The lowest BCUT2D eigenvalue weighted by Gasteiger charge is -2.09. The van der Waals surface area contributed by atoms with Crippen LogP contribution in [0.4, 0.5) is 13.2 Å². The van der Waals surface area contributed by atoms with Gasteiger partial charge in [-0.3, -0.25) is 0 Å². The Balaban J connectivity index is 3.12. The van der Waals surface area contributed by atoms with Gasteiger partial charge in [0.25, 0.3) is 0 Å². The van der Waals surface area contributed by atoms with Crippen LogP contribution in [0, 0.1) is 0 Å². The van der Waals surface area contributed by atoms with Crippen LogP contribution in [0.2, 0.25) is 0 Å². The average Bonchev–Trinajstić information content (AvgIpc) is 2.18. The highest BCUT2D eigenvalue weighted by Crippen LogP contribution is 2.35. The predicted molar refractivity (Wildman–Crippen MR) is 62.5 cm³/mol. The van der Waals surface area contributed by atoms with Gasteiger partial charge in [0.2, 0.25) is 5.96 Å². The van der Waals surface area contributed by atoms with Crippen molar-refractivity contribution >= 4 is 28.1 Å². The zero-order valence-electron chi connectivity index (χ0n) is 8.37. The molecule has 0 atom stereocenters. The van der Waals surface area contributed by atoms with Crippen LogP contribution >= 0.6 is 15.9 Å². The predicted octanol–water partition coefficient (Wildman–Crippen LogP) is 2.08. The molecule has 4 N–H and O–H groups in total. The summed E-state index contributed by atoms with van der Waals surface area (Å²) in [5, 5.41) is 6.73. The maximum absolute atomic E-state index is 12.5. The second-order valence-corrected chi connectivity index (χ2v) is 3.77. The van der Waals surface area contributed by atoms with Crippen LogP contribution in [0.25, 0.3) is 0 Å². The van der Waals surface area contributed by atoms with Crippen LogP contribution in [0.5, 0.6) is 0 Å². The number of alkyl halides is 3. The van der Waals surface area contributed by atoms with E-state index >= 15 is 0 Å². The summed E-state index contributed by atoms with van der Waals surface area (Å²) in [6, 6.07) is 3.68. The Morgan fingerprint density at radius 3 is 2.47 bits per heavy atom. The van der Waals surface area contributed by atoms with E-state index in [4.69, 9.17) is 11.5 Å². The van der Waals surface area contributed by atoms with Gasteiger partial charge in [-0.25, -0.2) is 0 Å². The van der Waals surface area contributed by atoms with Crippen molar-refractivity contribution in [2.75, 3.05) is 0 Å². The molecular weight excluding hydrogens is 301 g/mol. The van der Waals surface area contributed by atoms with Gasteiger partial charge in [-0.15, -0.1) is 5.10 Å². The van der Waals surface area contributed by atoms with Gasteiger partial charge in [-0.1, -0.05) is 12.1 Å². The van der Waals surface area contributed by atoms with Crippen molar-refractivity contribution in [2.24, 2.45) is 21.7 Å². The Labute approximate surface area is 103 Å². The highest BCUT2D eigenvalue weighted by Gasteiger charge is 2.33. The summed E-state index contributed by atoms with van der Waals surface area (Å²) < 4.78 is 37.5. The third-order valence-electron chi connectivity index (χ3n) is 1.70. The molecule has 1 rings (SSSR count). The first-order valence-electron chi connectivity index (χ1n) is 4.30. The molecule has 0 radical (unpaired) electrons. The highest BCUT2D eigenvalue weighted by molar-refractivity contribution is 9.10. The number of guanidine groups is 1. The summed E-state index contributed by atoms with van der Waals surface area (Å²) in [6.45, 7) is 0. The molecule has 0 aliphatic heterocycles. The van der Waals surface area contributed by atoms with Crippen LogP contribution in [-0.4, -0.2) is 12.2 Å². The second-order valence-electron chi connectivity index (χ2n) is 2.98. The van der Waals surface area contributed by atoms with E-state index in [1.54, 1.807) is 0 Å². The van der Waals surface area contributed by atoms with Crippen molar-refractivity contribution in [2.45, 2.75) is 6.18 Å². The topological polar surface area (TPSA) is 76.8 Å². The zero-order valence-corrected chi connectivity index (χ0v) is 9.96. The van der Waals surface area contributed by atoms with Gasteiger partial charge in [0.05, 0.1) is 11.8 Å². The van der Waals surface area contributed by atoms with Gasteiger partial charge in [-0.05, 0) is 22.0 Å². The van der Waals surface area contributed by atoms with Gasteiger partial charge in [0, 0.05) is 10.0 Å². The molecule has 0 heterocycles. The van der Waals surface area contributed by atoms with E-state index in [-0.39, 0.29) is 16.0 Å². The van der Waals surface area contributed by atoms with Crippen LogP contribution < -0.4 is 11.5 Å². The van der Waals surface area contributed by atoms with Crippen molar-refractivity contribution in [3.63, 3.8) is 0 Å². The Morgan fingerprint density at radius 1 is 1.29 bits per heavy atom. The molecule has 8 heteroatoms. The van der Waals surface area contributed by atoms with Gasteiger partial charge < -0.3 is 11.5 Å². The fraction of sp³-hybridized carbons (Fsp3) is 0.111. The molecule has 0 unspecified atom stereocenters. The van der Waals surface area contributed by atoms with E-state index in [9.17, 15) is 13.2 Å². The Morgan fingerprint density at radius 2 is 1.94 bits per heavy atom. The zero-order chi connectivity index (χ0) is 13.1. The van der Waals surface area contributed by atoms with E-state index in [2.05, 4.69) is 26.1 Å². The summed E-state index contributed by atoms with van der Waals surface area (Å²) >= 11 is 2.86. The van der Waals surface area contributed by atoms with Crippen molar-refractivity contribution in [1.82, 2.24) is 0 Å². The van der Waals surface area contributed by atoms with Crippen molar-refractivity contribution in [1.29, 1.82) is 0 Å². The van der Waals surface area contributed by atoms with Crippen LogP contribution in [0.15, 0.2) is 32.9 Å². The fourth-order valence-corrected chi connectivity index (χ4v) is 1.62. The first-order chi connectivity index (χ1) is 7.82. The minimum atomic E-state index is -4.43. The lowest BCUT2D eigenvalue weighted by Crippen LogP contribution is -2.21.